The van der Waals surface area contributed by atoms with Gasteiger partial charge in [-0.05, 0) is 43.2 Å². The highest BCUT2D eigenvalue weighted by molar-refractivity contribution is 6.20. The number of para-hydroxylation sites is 1. The molecule has 3 aromatic carbocycles. The molecule has 2 aliphatic rings. The molecule has 0 bridgehead atoms. The minimum absolute atomic E-state index is 0.194. The lowest BCUT2D eigenvalue weighted by molar-refractivity contribution is 0.282. The SMILES string of the molecule is C1=CC(N2C(c3ccccc3)=NNC2n2c3ccccc3c3c4ccoc4ccc32)=CCC1. The van der Waals surface area contributed by atoms with Crippen LogP contribution in [0.1, 0.15) is 24.7 Å². The number of furan rings is 1. The van der Waals surface area contributed by atoms with E-state index in [1.165, 1.54) is 10.8 Å². The van der Waals surface area contributed by atoms with E-state index in [0.29, 0.717) is 0 Å². The van der Waals surface area contributed by atoms with Crippen molar-refractivity contribution < 1.29 is 4.42 Å². The number of fused-ring (bicyclic) bond motifs is 5. The van der Waals surface area contributed by atoms with Gasteiger partial charge in [-0.3, -0.25) is 10.3 Å². The first-order chi connectivity index (χ1) is 16.4. The summed E-state index contributed by atoms with van der Waals surface area (Å²) < 4.78 is 8.09. The predicted molar refractivity (Wildman–Crippen MR) is 133 cm³/mol. The Balaban J connectivity index is 1.49. The molecular formula is C28H22N4O. The number of nitrogens with one attached hydrogen (secondary N) is 1. The van der Waals surface area contributed by atoms with Crippen molar-refractivity contribution in [1.82, 2.24) is 14.9 Å². The molecule has 5 nitrogen and oxygen atoms in total. The van der Waals surface area contributed by atoms with Crippen molar-refractivity contribution in [2.45, 2.75) is 19.1 Å². The molecule has 5 aromatic rings. The second-order valence-corrected chi connectivity index (χ2v) is 8.46. The van der Waals surface area contributed by atoms with Crippen molar-refractivity contribution in [3.8, 4) is 0 Å². The van der Waals surface area contributed by atoms with Crippen molar-refractivity contribution in [3.05, 3.63) is 109 Å². The number of rotatable bonds is 3. The Bertz CT molecular complexity index is 1600. The van der Waals surface area contributed by atoms with Gasteiger partial charge in [0, 0.05) is 27.4 Å². The summed E-state index contributed by atoms with van der Waals surface area (Å²) in [5, 5.41) is 8.40. The van der Waals surface area contributed by atoms with E-state index < -0.39 is 0 Å². The van der Waals surface area contributed by atoms with Gasteiger partial charge >= 0.3 is 0 Å². The molecule has 1 atom stereocenters. The van der Waals surface area contributed by atoms with Crippen LogP contribution in [-0.2, 0) is 0 Å². The van der Waals surface area contributed by atoms with Gasteiger partial charge in [0.1, 0.15) is 5.58 Å². The largest absolute Gasteiger partial charge is 0.464 e. The Morgan fingerprint density at radius 1 is 0.848 bits per heavy atom. The van der Waals surface area contributed by atoms with Gasteiger partial charge in [0.15, 0.2) is 5.84 Å². The van der Waals surface area contributed by atoms with Crippen molar-refractivity contribution in [3.63, 3.8) is 0 Å². The van der Waals surface area contributed by atoms with Crippen molar-refractivity contribution in [1.29, 1.82) is 0 Å². The van der Waals surface area contributed by atoms with E-state index in [9.17, 15) is 0 Å². The molecule has 160 valence electrons. The summed E-state index contributed by atoms with van der Waals surface area (Å²) in [5.74, 6) is 0.925. The topological polar surface area (TPSA) is 45.7 Å². The summed E-state index contributed by atoms with van der Waals surface area (Å²) in [4.78, 5) is 2.32. The van der Waals surface area contributed by atoms with Crippen LogP contribution >= 0.6 is 0 Å². The highest BCUT2D eigenvalue weighted by atomic mass is 16.3. The predicted octanol–water partition coefficient (Wildman–Crippen LogP) is 6.50. The van der Waals surface area contributed by atoms with Gasteiger partial charge in [0.25, 0.3) is 0 Å². The summed E-state index contributed by atoms with van der Waals surface area (Å²) in [6, 6.07) is 25.3. The number of amidine groups is 1. The summed E-state index contributed by atoms with van der Waals surface area (Å²) in [5.41, 5.74) is 8.92. The molecule has 2 aromatic heterocycles. The van der Waals surface area contributed by atoms with Gasteiger partial charge in [0.05, 0.1) is 17.3 Å². The van der Waals surface area contributed by atoms with Crippen LogP contribution in [0.15, 0.2) is 113 Å². The quantitative estimate of drug-likeness (QED) is 0.355. The van der Waals surface area contributed by atoms with Gasteiger partial charge in [0.2, 0.25) is 6.29 Å². The number of aromatic nitrogens is 1. The number of allylic oxidation sites excluding steroid dienone is 3. The molecular weight excluding hydrogens is 408 g/mol. The fraction of sp³-hybridized carbons (Fsp3) is 0.107. The van der Waals surface area contributed by atoms with Crippen molar-refractivity contribution in [2.24, 2.45) is 5.10 Å². The van der Waals surface area contributed by atoms with Crippen LogP contribution in [0.4, 0.5) is 0 Å². The Morgan fingerprint density at radius 2 is 1.73 bits per heavy atom. The van der Waals surface area contributed by atoms with Crippen LogP contribution in [0, 0.1) is 0 Å². The van der Waals surface area contributed by atoms with Gasteiger partial charge in [-0.2, -0.15) is 5.10 Å². The van der Waals surface area contributed by atoms with E-state index in [-0.39, 0.29) is 6.29 Å². The summed E-state index contributed by atoms with van der Waals surface area (Å²) in [6.07, 6.45) is 10.4. The van der Waals surface area contributed by atoms with Gasteiger partial charge in [-0.1, -0.05) is 60.7 Å². The molecule has 1 N–H and O–H groups in total. The van der Waals surface area contributed by atoms with Crippen LogP contribution in [0.5, 0.6) is 0 Å². The van der Waals surface area contributed by atoms with Crippen LogP contribution in [0.25, 0.3) is 32.8 Å². The van der Waals surface area contributed by atoms with Gasteiger partial charge in [-0.25, -0.2) is 0 Å². The second kappa shape index (κ2) is 7.14. The van der Waals surface area contributed by atoms with Gasteiger partial charge < -0.3 is 8.98 Å². The van der Waals surface area contributed by atoms with E-state index in [1.807, 2.05) is 6.07 Å². The maximum Gasteiger partial charge on any atom is 0.203 e. The first-order valence-corrected chi connectivity index (χ1v) is 11.3. The maximum absolute atomic E-state index is 5.72. The number of benzene rings is 3. The standard InChI is InChI=1S/C28H22N4O/c1-3-9-19(10-4-1)27-29-30-28(31(27)20-11-5-2-6-12-20)32-23-14-8-7-13-21(23)26-22-17-18-33-25(22)16-15-24(26)32/h1,3-5,7-18,28,30H,2,6H2. The monoisotopic (exact) mass is 430 g/mol. The average molecular weight is 431 g/mol. The first kappa shape index (κ1) is 18.3. The van der Waals surface area contributed by atoms with E-state index in [4.69, 9.17) is 9.52 Å². The Labute approximate surface area is 190 Å². The third-order valence-corrected chi connectivity index (χ3v) is 6.59. The fourth-order valence-electron chi connectivity index (χ4n) is 5.16. The zero-order chi connectivity index (χ0) is 21.8. The van der Waals surface area contributed by atoms with Crippen molar-refractivity contribution in [2.75, 3.05) is 0 Å². The summed E-state index contributed by atoms with van der Waals surface area (Å²) in [6.45, 7) is 0. The number of hydrazone groups is 1. The third-order valence-electron chi connectivity index (χ3n) is 6.59. The van der Waals surface area contributed by atoms with Gasteiger partial charge in [-0.15, -0.1) is 0 Å². The number of nitrogens with zero attached hydrogens (tertiary/aromatic N) is 3. The minimum atomic E-state index is -0.194. The third kappa shape index (κ3) is 2.69. The van der Waals surface area contributed by atoms with E-state index in [0.717, 1.165) is 51.9 Å². The lowest BCUT2D eigenvalue weighted by Gasteiger charge is -2.31. The molecule has 3 heterocycles. The highest BCUT2D eigenvalue weighted by Gasteiger charge is 2.34. The lowest BCUT2D eigenvalue weighted by atomic mass is 10.1. The summed E-state index contributed by atoms with van der Waals surface area (Å²) >= 11 is 0. The van der Waals surface area contributed by atoms with Crippen LogP contribution in [-0.4, -0.2) is 15.3 Å². The van der Waals surface area contributed by atoms with Crippen LogP contribution < -0.4 is 5.43 Å². The Morgan fingerprint density at radius 3 is 2.61 bits per heavy atom. The molecule has 7 rings (SSSR count). The van der Waals surface area contributed by atoms with Crippen LogP contribution in [0.3, 0.4) is 0 Å². The van der Waals surface area contributed by atoms with Crippen molar-refractivity contribution >= 4 is 38.6 Å². The molecule has 0 saturated heterocycles. The molecule has 0 saturated carbocycles. The van der Waals surface area contributed by atoms with E-state index >= 15 is 0 Å². The second-order valence-electron chi connectivity index (χ2n) is 8.46. The van der Waals surface area contributed by atoms with E-state index in [2.05, 4.69) is 99.9 Å². The van der Waals surface area contributed by atoms with Crippen LogP contribution in [0.2, 0.25) is 0 Å². The molecule has 0 fully saturated rings. The molecule has 0 amide bonds. The normalized spacial score (nSPS) is 18.2. The Hall–Kier alpha value is -4.25. The average Bonchev–Trinajstić information content (AvgIpc) is 3.60. The fourth-order valence-corrected chi connectivity index (χ4v) is 5.16. The molecule has 5 heteroatoms. The zero-order valence-corrected chi connectivity index (χ0v) is 18.0. The number of hydrogen-bond acceptors (Lipinski definition) is 4. The maximum atomic E-state index is 5.72. The van der Waals surface area contributed by atoms with E-state index in [1.54, 1.807) is 6.26 Å². The minimum Gasteiger partial charge on any atom is -0.464 e. The molecule has 33 heavy (non-hydrogen) atoms. The zero-order valence-electron chi connectivity index (χ0n) is 18.0. The molecule has 1 aliphatic heterocycles. The molecule has 0 spiro atoms. The smallest absolute Gasteiger partial charge is 0.203 e. The number of hydrogen-bond donors (Lipinski definition) is 1. The molecule has 0 radical (unpaired) electrons. The Kier molecular flexibility index (Phi) is 3.96. The highest BCUT2D eigenvalue weighted by Crippen LogP contribution is 2.39. The summed E-state index contributed by atoms with van der Waals surface area (Å²) in [7, 11) is 0. The molecule has 1 aliphatic carbocycles. The lowest BCUT2D eigenvalue weighted by Crippen LogP contribution is -2.36. The molecule has 1 unspecified atom stereocenters. The first-order valence-electron chi connectivity index (χ1n) is 11.3.